The van der Waals surface area contributed by atoms with Gasteiger partial charge in [0.05, 0.1) is 5.38 Å². The molecule has 1 unspecified atom stereocenters. The lowest BCUT2D eigenvalue weighted by Crippen LogP contribution is -1.82. The van der Waals surface area contributed by atoms with Gasteiger partial charge in [0.1, 0.15) is 0 Å². The highest BCUT2D eigenvalue weighted by atomic mass is 79.9. The summed E-state index contributed by atoms with van der Waals surface area (Å²) in [6.07, 6.45) is 0. The summed E-state index contributed by atoms with van der Waals surface area (Å²) >= 11 is 9.09. The molecule has 0 aliphatic rings. The topological polar surface area (TPSA) is 0 Å². The fourth-order valence-electron chi connectivity index (χ4n) is 0.701. The molecule has 0 heterocycles. The zero-order chi connectivity index (χ0) is 7.56. The molecule has 0 N–H and O–H groups in total. The molecule has 1 aromatic rings. The summed E-state index contributed by atoms with van der Waals surface area (Å²) in [6.45, 7) is 3.69. The van der Waals surface area contributed by atoms with E-state index in [1.165, 1.54) is 0 Å². The molecule has 0 amide bonds. The number of rotatable bonds is 1. The maximum Gasteiger partial charge on any atom is 0.0586 e. The van der Waals surface area contributed by atoms with Crippen LogP contribution in [0.15, 0.2) is 28.7 Å². The summed E-state index contributed by atoms with van der Waals surface area (Å²) in [4.78, 5) is 0. The van der Waals surface area contributed by atoms with E-state index in [0.717, 1.165) is 10.0 Å². The van der Waals surface area contributed by atoms with Crippen LogP contribution in [0.2, 0.25) is 0 Å². The normalized spacial score (nSPS) is 13.1. The van der Waals surface area contributed by atoms with Crippen LogP contribution in [0.3, 0.4) is 0 Å². The van der Waals surface area contributed by atoms with Crippen LogP contribution in [0.1, 0.15) is 10.9 Å². The van der Waals surface area contributed by atoms with Crippen molar-refractivity contribution < 1.29 is 0 Å². The van der Waals surface area contributed by atoms with Gasteiger partial charge in [-0.25, -0.2) is 0 Å². The first kappa shape index (κ1) is 8.09. The van der Waals surface area contributed by atoms with Gasteiger partial charge in [-0.15, -0.1) is 11.6 Å². The zero-order valence-corrected chi connectivity index (χ0v) is 7.69. The first-order chi connectivity index (χ1) is 4.70. The molecular weight excluding hydrogens is 211 g/mol. The average molecular weight is 219 g/mol. The molecule has 0 nitrogen and oxygen atoms in total. The molecule has 0 fully saturated rings. The predicted molar refractivity (Wildman–Crippen MR) is 48.1 cm³/mol. The maximum atomic E-state index is 5.74. The van der Waals surface area contributed by atoms with Gasteiger partial charge in [0.2, 0.25) is 0 Å². The minimum absolute atomic E-state index is 0.155. The molecule has 0 aliphatic carbocycles. The van der Waals surface area contributed by atoms with Gasteiger partial charge in [0.25, 0.3) is 0 Å². The monoisotopic (exact) mass is 217 g/mol. The van der Waals surface area contributed by atoms with Crippen molar-refractivity contribution in [2.24, 2.45) is 0 Å². The van der Waals surface area contributed by atoms with Crippen LogP contribution in [-0.4, -0.2) is 0 Å². The zero-order valence-electron chi connectivity index (χ0n) is 5.35. The standard InChI is InChI=1S/C8H7BrCl/c1-6(10)7-3-2-4-8(9)5-7/h2-6H,1H2. The Morgan fingerprint density at radius 1 is 1.50 bits per heavy atom. The van der Waals surface area contributed by atoms with Crippen LogP contribution in [0.5, 0.6) is 0 Å². The number of hydrogen-bond acceptors (Lipinski definition) is 0. The highest BCUT2D eigenvalue weighted by molar-refractivity contribution is 9.10. The molecule has 2 heteroatoms. The van der Waals surface area contributed by atoms with E-state index in [1.54, 1.807) is 0 Å². The quantitative estimate of drug-likeness (QED) is 0.632. The van der Waals surface area contributed by atoms with Gasteiger partial charge in [0, 0.05) is 4.47 Å². The Morgan fingerprint density at radius 2 is 2.20 bits per heavy atom. The van der Waals surface area contributed by atoms with Gasteiger partial charge in [0.15, 0.2) is 0 Å². The Balaban J connectivity index is 2.96. The van der Waals surface area contributed by atoms with E-state index < -0.39 is 0 Å². The van der Waals surface area contributed by atoms with Crippen molar-refractivity contribution >= 4 is 27.5 Å². The number of benzene rings is 1. The van der Waals surface area contributed by atoms with Gasteiger partial charge < -0.3 is 0 Å². The molecule has 0 aromatic heterocycles. The summed E-state index contributed by atoms with van der Waals surface area (Å²) in [7, 11) is 0. The van der Waals surface area contributed by atoms with E-state index >= 15 is 0 Å². The molecule has 0 aliphatic heterocycles. The van der Waals surface area contributed by atoms with Gasteiger partial charge >= 0.3 is 0 Å². The van der Waals surface area contributed by atoms with E-state index in [1.807, 2.05) is 24.3 Å². The number of halogens is 2. The van der Waals surface area contributed by atoms with Crippen LogP contribution >= 0.6 is 27.5 Å². The molecule has 10 heavy (non-hydrogen) atoms. The van der Waals surface area contributed by atoms with Gasteiger partial charge in [-0.05, 0) is 24.6 Å². The highest BCUT2D eigenvalue weighted by Crippen LogP contribution is 2.21. The predicted octanol–water partition coefficient (Wildman–Crippen LogP) is 3.56. The van der Waals surface area contributed by atoms with Crippen LogP contribution in [0, 0.1) is 6.92 Å². The molecule has 1 radical (unpaired) electrons. The Labute approximate surface area is 74.3 Å². The lowest BCUT2D eigenvalue weighted by molar-refractivity contribution is 1.21. The van der Waals surface area contributed by atoms with Crippen LogP contribution in [0.25, 0.3) is 0 Å². The third-order valence-corrected chi connectivity index (χ3v) is 1.96. The van der Waals surface area contributed by atoms with E-state index in [2.05, 4.69) is 22.9 Å². The van der Waals surface area contributed by atoms with Gasteiger partial charge in [-0.3, -0.25) is 0 Å². The van der Waals surface area contributed by atoms with Crippen molar-refractivity contribution in [1.29, 1.82) is 0 Å². The fourth-order valence-corrected chi connectivity index (χ4v) is 1.25. The minimum atomic E-state index is -0.155. The van der Waals surface area contributed by atoms with Crippen LogP contribution in [-0.2, 0) is 0 Å². The highest BCUT2D eigenvalue weighted by Gasteiger charge is 1.99. The third kappa shape index (κ3) is 1.99. The van der Waals surface area contributed by atoms with Crippen molar-refractivity contribution in [3.05, 3.63) is 41.2 Å². The second kappa shape index (κ2) is 3.40. The minimum Gasteiger partial charge on any atom is -0.118 e. The molecule has 0 bridgehead atoms. The second-order valence-corrected chi connectivity index (χ2v) is 3.47. The lowest BCUT2D eigenvalue weighted by atomic mass is 10.2. The first-order valence-corrected chi connectivity index (χ1v) is 4.15. The Hall–Kier alpha value is -0.0100. The molecule has 1 atom stereocenters. The van der Waals surface area contributed by atoms with Gasteiger partial charge in [-0.1, -0.05) is 28.1 Å². The SMILES string of the molecule is [CH2]C(Cl)c1cccc(Br)c1. The Bertz CT molecular complexity index is 220. The van der Waals surface area contributed by atoms with Crippen molar-refractivity contribution in [2.45, 2.75) is 5.38 Å². The summed E-state index contributed by atoms with van der Waals surface area (Å²) in [5.41, 5.74) is 1.04. The largest absolute Gasteiger partial charge is 0.118 e. The maximum absolute atomic E-state index is 5.74. The second-order valence-electron chi connectivity index (χ2n) is 2.02. The molecule has 0 spiro atoms. The molecule has 0 saturated heterocycles. The van der Waals surface area contributed by atoms with E-state index in [4.69, 9.17) is 11.6 Å². The first-order valence-electron chi connectivity index (χ1n) is 2.93. The molecule has 53 valence electrons. The lowest BCUT2D eigenvalue weighted by Gasteiger charge is -2.01. The third-order valence-electron chi connectivity index (χ3n) is 1.21. The summed E-state index contributed by atoms with van der Waals surface area (Å²) in [6, 6.07) is 7.82. The fraction of sp³-hybridized carbons (Fsp3) is 0.125. The summed E-state index contributed by atoms with van der Waals surface area (Å²) in [5, 5.41) is -0.155. The van der Waals surface area contributed by atoms with Crippen LogP contribution in [0.4, 0.5) is 0 Å². The Morgan fingerprint density at radius 3 is 2.60 bits per heavy atom. The van der Waals surface area contributed by atoms with Crippen molar-refractivity contribution in [3.8, 4) is 0 Å². The van der Waals surface area contributed by atoms with Crippen LogP contribution < -0.4 is 0 Å². The molecule has 1 aromatic carbocycles. The van der Waals surface area contributed by atoms with E-state index in [9.17, 15) is 0 Å². The van der Waals surface area contributed by atoms with E-state index in [-0.39, 0.29) is 5.38 Å². The van der Waals surface area contributed by atoms with E-state index in [0.29, 0.717) is 0 Å². The average Bonchev–Trinajstić information content (AvgIpc) is 1.88. The number of alkyl halides is 1. The van der Waals surface area contributed by atoms with Crippen molar-refractivity contribution in [1.82, 2.24) is 0 Å². The summed E-state index contributed by atoms with van der Waals surface area (Å²) in [5.74, 6) is 0. The van der Waals surface area contributed by atoms with Crippen molar-refractivity contribution in [2.75, 3.05) is 0 Å². The number of hydrogen-bond donors (Lipinski definition) is 0. The molecule has 1 rings (SSSR count). The molecule has 0 saturated carbocycles. The van der Waals surface area contributed by atoms with Crippen molar-refractivity contribution in [3.63, 3.8) is 0 Å². The molecular formula is C8H7BrCl. The van der Waals surface area contributed by atoms with Gasteiger partial charge in [-0.2, -0.15) is 0 Å². The Kier molecular flexibility index (Phi) is 2.75. The summed E-state index contributed by atoms with van der Waals surface area (Å²) < 4.78 is 1.04. The smallest absolute Gasteiger partial charge is 0.0586 e.